The topological polar surface area (TPSA) is 90.2 Å². The lowest BCUT2D eigenvalue weighted by atomic mass is 9.92. The molecular weight excluding hydrogens is 857 g/mol. The van der Waals surface area contributed by atoms with Crippen LogP contribution in [0.2, 0.25) is 0 Å². The minimum atomic E-state index is 0.398. The summed E-state index contributed by atoms with van der Waals surface area (Å²) in [5.74, 6) is 0.402. The van der Waals surface area contributed by atoms with E-state index in [9.17, 15) is 10.5 Å². The van der Waals surface area contributed by atoms with Gasteiger partial charge in [-0.3, -0.25) is 0 Å². The minimum absolute atomic E-state index is 0.398. The highest BCUT2D eigenvalue weighted by Gasteiger charge is 2.21. The van der Waals surface area contributed by atoms with Crippen LogP contribution in [0.5, 0.6) is 0 Å². The lowest BCUT2D eigenvalue weighted by molar-refractivity contribution is 1.17. The summed E-state index contributed by atoms with van der Waals surface area (Å²) in [5.41, 5.74) is 14.1. The predicted octanol–water partition coefficient (Wildman–Crippen LogP) is 16.2. The van der Waals surface area contributed by atoms with Crippen LogP contribution in [-0.4, -0.2) is 14.5 Å². The van der Waals surface area contributed by atoms with Crippen molar-refractivity contribution in [3.05, 3.63) is 252 Å². The number of rotatable bonds is 9. The first-order valence-electron chi connectivity index (χ1n) is 22.5. The van der Waals surface area contributed by atoms with Crippen molar-refractivity contribution >= 4 is 50.2 Å². The smallest absolute Gasteiger partial charge is 0.198 e. The van der Waals surface area contributed by atoms with E-state index in [0.29, 0.717) is 56.4 Å². The van der Waals surface area contributed by atoms with Crippen LogP contribution < -0.4 is 4.90 Å². The minimum Gasteiger partial charge on any atom is -0.310 e. The van der Waals surface area contributed by atoms with Gasteiger partial charge in [0.2, 0.25) is 0 Å². The van der Waals surface area contributed by atoms with Crippen molar-refractivity contribution in [1.82, 2.24) is 14.5 Å². The summed E-state index contributed by atoms with van der Waals surface area (Å²) >= 11 is 0. The molecule has 11 rings (SSSR count). The lowest BCUT2D eigenvalue weighted by Crippen LogP contribution is -2.09. The van der Waals surface area contributed by atoms with Gasteiger partial charge in [0.05, 0.1) is 58.8 Å². The molecular formula is C62H36N8. The molecule has 2 heterocycles. The molecule has 0 fully saturated rings. The summed E-state index contributed by atoms with van der Waals surface area (Å²) < 4.78 is 2.14. The molecule has 0 bridgehead atoms. The molecule has 0 radical (unpaired) electrons. The standard InChI is InChI=1S/C62H36N8/c1-65-55-22-12-9-20-52(55)58-38-57(67-62(68-58)53-21-10-13-23-56(53)66-2)43-29-25-41(26-30-43)42-27-31-44(32-28-42)61-45(39-63)35-50(36-46(61)40-64)70-59-24-14-11-19-51(59)54-37-49(33-34-60(54)70)69(47-15-5-3-6-16-47)48-17-7-4-8-18-48/h3-38H. The van der Waals surface area contributed by atoms with Gasteiger partial charge < -0.3 is 9.47 Å². The highest BCUT2D eigenvalue weighted by Crippen LogP contribution is 2.42. The fraction of sp³-hybridized carbons (Fsp3) is 0. The van der Waals surface area contributed by atoms with Crippen LogP contribution in [-0.2, 0) is 0 Å². The third-order valence-electron chi connectivity index (χ3n) is 12.5. The zero-order valence-corrected chi connectivity index (χ0v) is 37.4. The first-order valence-corrected chi connectivity index (χ1v) is 22.5. The quantitative estimate of drug-likeness (QED) is 0.135. The predicted molar refractivity (Wildman–Crippen MR) is 280 cm³/mol. The number of nitrogens with zero attached hydrogens (tertiary/aromatic N) is 8. The number of para-hydroxylation sites is 5. The average molecular weight is 893 g/mol. The maximum atomic E-state index is 10.7. The van der Waals surface area contributed by atoms with Crippen molar-refractivity contribution in [3.63, 3.8) is 0 Å². The van der Waals surface area contributed by atoms with Crippen LogP contribution in [0.4, 0.5) is 28.4 Å². The van der Waals surface area contributed by atoms with Gasteiger partial charge in [-0.2, -0.15) is 10.5 Å². The van der Waals surface area contributed by atoms with Gasteiger partial charge in [0, 0.05) is 55.8 Å². The Bertz CT molecular complexity index is 3830. The lowest BCUT2D eigenvalue weighted by Gasteiger charge is -2.25. The largest absolute Gasteiger partial charge is 0.310 e. The van der Waals surface area contributed by atoms with Crippen LogP contribution in [0.3, 0.4) is 0 Å². The van der Waals surface area contributed by atoms with Crippen molar-refractivity contribution in [1.29, 1.82) is 10.5 Å². The van der Waals surface area contributed by atoms with Gasteiger partial charge in [-0.1, -0.05) is 152 Å². The maximum Gasteiger partial charge on any atom is 0.198 e. The van der Waals surface area contributed by atoms with Crippen molar-refractivity contribution in [2.45, 2.75) is 0 Å². The van der Waals surface area contributed by atoms with E-state index in [1.54, 1.807) is 12.1 Å². The monoisotopic (exact) mass is 892 g/mol. The molecule has 11 aromatic rings. The Morgan fingerprint density at radius 1 is 0.429 bits per heavy atom. The highest BCUT2D eigenvalue weighted by atomic mass is 15.1. The first kappa shape index (κ1) is 42.3. The van der Waals surface area contributed by atoms with E-state index >= 15 is 0 Å². The second-order valence-corrected chi connectivity index (χ2v) is 16.6. The third kappa shape index (κ3) is 7.63. The summed E-state index contributed by atoms with van der Waals surface area (Å²) in [6.07, 6.45) is 0. The van der Waals surface area contributed by atoms with Crippen molar-refractivity contribution in [2.75, 3.05) is 4.90 Å². The molecule has 324 valence electrons. The normalized spacial score (nSPS) is 10.8. The fourth-order valence-electron chi connectivity index (χ4n) is 9.29. The fourth-order valence-corrected chi connectivity index (χ4v) is 9.29. The number of hydrogen-bond acceptors (Lipinski definition) is 5. The Kier molecular flexibility index (Phi) is 10.9. The summed E-state index contributed by atoms with van der Waals surface area (Å²) in [7, 11) is 0. The summed E-state index contributed by atoms with van der Waals surface area (Å²) in [6.45, 7) is 15.6. The number of aromatic nitrogens is 3. The Morgan fingerprint density at radius 3 is 1.54 bits per heavy atom. The molecule has 8 nitrogen and oxygen atoms in total. The van der Waals surface area contributed by atoms with Crippen molar-refractivity contribution in [2.24, 2.45) is 0 Å². The number of nitriles is 2. The molecule has 9 aromatic carbocycles. The molecule has 0 aliphatic rings. The Balaban J connectivity index is 0.936. The molecule has 0 unspecified atom stereocenters. The maximum absolute atomic E-state index is 10.7. The Labute approximate surface area is 404 Å². The first-order chi connectivity index (χ1) is 34.5. The zero-order valence-electron chi connectivity index (χ0n) is 37.4. The van der Waals surface area contributed by atoms with Gasteiger partial charge in [-0.05, 0) is 83.4 Å². The van der Waals surface area contributed by atoms with Crippen LogP contribution in [0.15, 0.2) is 218 Å². The second-order valence-electron chi connectivity index (χ2n) is 16.6. The number of hydrogen-bond donors (Lipinski definition) is 0. The molecule has 2 aromatic heterocycles. The molecule has 8 heteroatoms. The molecule has 0 saturated carbocycles. The molecule has 0 atom stereocenters. The Hall–Kier alpha value is -10.4. The van der Waals surface area contributed by atoms with Crippen LogP contribution in [0, 0.1) is 35.8 Å². The SMILES string of the molecule is [C-]#[N+]c1ccccc1-c1cc(-c2ccc(-c3ccc(-c4c(C#N)cc(-n5c6ccccc6c6cc(N(c7ccccc7)c7ccccc7)ccc65)cc4C#N)cc3)cc2)nc(-c2ccccc2[N+]#[C-])n1. The molecule has 0 spiro atoms. The van der Waals surface area contributed by atoms with E-state index in [1.807, 2.05) is 152 Å². The van der Waals surface area contributed by atoms with Gasteiger partial charge in [0.15, 0.2) is 11.4 Å². The van der Waals surface area contributed by atoms with Gasteiger partial charge in [0.25, 0.3) is 0 Å². The molecule has 0 saturated heterocycles. The number of anilines is 3. The van der Waals surface area contributed by atoms with E-state index in [0.717, 1.165) is 66.8 Å². The van der Waals surface area contributed by atoms with E-state index in [2.05, 4.69) is 85.9 Å². The van der Waals surface area contributed by atoms with Crippen LogP contribution >= 0.6 is 0 Å². The average Bonchev–Trinajstić information content (AvgIpc) is 3.77. The molecule has 0 aliphatic heterocycles. The zero-order chi connectivity index (χ0) is 47.6. The van der Waals surface area contributed by atoms with E-state index in [4.69, 9.17) is 23.1 Å². The molecule has 0 amide bonds. The summed E-state index contributed by atoms with van der Waals surface area (Å²) in [5, 5.41) is 23.5. The second kappa shape index (κ2) is 18.1. The van der Waals surface area contributed by atoms with Gasteiger partial charge in [-0.15, -0.1) is 0 Å². The Morgan fingerprint density at radius 2 is 0.929 bits per heavy atom. The third-order valence-corrected chi connectivity index (χ3v) is 12.5. The van der Waals surface area contributed by atoms with Crippen LogP contribution in [0.25, 0.3) is 93.3 Å². The number of fused-ring (bicyclic) bond motifs is 3. The molecule has 70 heavy (non-hydrogen) atoms. The van der Waals surface area contributed by atoms with E-state index in [-0.39, 0.29) is 0 Å². The molecule has 0 N–H and O–H groups in total. The molecule has 0 aliphatic carbocycles. The van der Waals surface area contributed by atoms with Crippen molar-refractivity contribution < 1.29 is 0 Å². The van der Waals surface area contributed by atoms with E-state index < -0.39 is 0 Å². The number of benzene rings is 9. The summed E-state index contributed by atoms with van der Waals surface area (Å²) in [6, 6.07) is 76.4. The van der Waals surface area contributed by atoms with Gasteiger partial charge in [-0.25, -0.2) is 19.7 Å². The summed E-state index contributed by atoms with van der Waals surface area (Å²) in [4.78, 5) is 19.5. The van der Waals surface area contributed by atoms with Gasteiger partial charge >= 0.3 is 0 Å². The van der Waals surface area contributed by atoms with Gasteiger partial charge in [0.1, 0.15) is 5.82 Å². The van der Waals surface area contributed by atoms with Crippen LogP contribution in [0.1, 0.15) is 11.1 Å². The van der Waals surface area contributed by atoms with Crippen molar-refractivity contribution in [3.8, 4) is 74.0 Å². The van der Waals surface area contributed by atoms with E-state index in [1.165, 1.54) is 0 Å². The highest BCUT2D eigenvalue weighted by molar-refractivity contribution is 6.11.